The summed E-state index contributed by atoms with van der Waals surface area (Å²) in [6.45, 7) is 2.35. The minimum atomic E-state index is -0.584. The third kappa shape index (κ3) is 4.87. The second-order valence-electron chi connectivity index (χ2n) is 4.79. The van der Waals surface area contributed by atoms with Crippen LogP contribution in [0.2, 0.25) is 0 Å². The summed E-state index contributed by atoms with van der Waals surface area (Å²) in [6.07, 6.45) is 0.422. The minimum absolute atomic E-state index is 0.274. The average molecular weight is 289 g/mol. The van der Waals surface area contributed by atoms with Gasteiger partial charge in [0.15, 0.2) is 5.96 Å². The van der Waals surface area contributed by atoms with Crippen molar-refractivity contribution in [2.24, 2.45) is 10.7 Å². The molecule has 110 valence electrons. The van der Waals surface area contributed by atoms with Crippen molar-refractivity contribution in [1.29, 1.82) is 0 Å². The SMILES string of the molecule is Cc1ccc(NC(N)=NCCc2cc(F)cc(F)c2)cc1. The molecular weight excluding hydrogens is 272 g/mol. The molecule has 0 aliphatic carbocycles. The molecule has 0 aliphatic heterocycles. The number of hydrogen-bond acceptors (Lipinski definition) is 1. The highest BCUT2D eigenvalue weighted by atomic mass is 19.1. The van der Waals surface area contributed by atoms with E-state index in [-0.39, 0.29) is 5.96 Å². The van der Waals surface area contributed by atoms with E-state index in [4.69, 9.17) is 5.73 Å². The quantitative estimate of drug-likeness (QED) is 0.670. The first-order valence-electron chi connectivity index (χ1n) is 6.61. The molecule has 0 aromatic heterocycles. The molecule has 0 atom stereocenters. The molecule has 3 nitrogen and oxygen atoms in total. The highest BCUT2D eigenvalue weighted by molar-refractivity contribution is 5.92. The molecule has 0 saturated carbocycles. The normalized spacial score (nSPS) is 11.5. The summed E-state index contributed by atoms with van der Waals surface area (Å²) in [4.78, 5) is 4.13. The molecule has 0 saturated heterocycles. The average Bonchev–Trinajstić information content (AvgIpc) is 2.40. The standard InChI is InChI=1S/C16H17F2N3/c1-11-2-4-15(5-3-11)21-16(19)20-7-6-12-8-13(17)10-14(18)9-12/h2-5,8-10H,6-7H2,1H3,(H3,19,20,21). The fourth-order valence-electron chi connectivity index (χ4n) is 1.89. The fraction of sp³-hybridized carbons (Fsp3) is 0.188. The Hall–Kier alpha value is -2.43. The van der Waals surface area contributed by atoms with Gasteiger partial charge in [-0.15, -0.1) is 0 Å². The monoisotopic (exact) mass is 289 g/mol. The zero-order valence-corrected chi connectivity index (χ0v) is 11.7. The van der Waals surface area contributed by atoms with Crippen LogP contribution in [-0.2, 0) is 6.42 Å². The summed E-state index contributed by atoms with van der Waals surface area (Å²) in [6, 6.07) is 11.2. The molecule has 5 heteroatoms. The molecule has 2 aromatic rings. The maximum Gasteiger partial charge on any atom is 0.193 e. The van der Waals surface area contributed by atoms with Crippen molar-refractivity contribution in [1.82, 2.24) is 0 Å². The second-order valence-corrected chi connectivity index (χ2v) is 4.79. The Morgan fingerprint density at radius 3 is 2.33 bits per heavy atom. The molecule has 0 bridgehead atoms. The topological polar surface area (TPSA) is 50.4 Å². The van der Waals surface area contributed by atoms with Crippen LogP contribution in [0.4, 0.5) is 14.5 Å². The van der Waals surface area contributed by atoms with Crippen molar-refractivity contribution in [3.8, 4) is 0 Å². The van der Waals surface area contributed by atoms with E-state index < -0.39 is 11.6 Å². The first kappa shape index (κ1) is 15.0. The van der Waals surface area contributed by atoms with Crippen LogP contribution in [0.1, 0.15) is 11.1 Å². The van der Waals surface area contributed by atoms with E-state index in [1.54, 1.807) is 0 Å². The molecule has 2 aromatic carbocycles. The molecule has 0 aliphatic rings. The van der Waals surface area contributed by atoms with Crippen molar-refractivity contribution < 1.29 is 8.78 Å². The van der Waals surface area contributed by atoms with Gasteiger partial charge in [0, 0.05) is 18.3 Å². The lowest BCUT2D eigenvalue weighted by Crippen LogP contribution is -2.23. The number of aliphatic imine (C=N–C) groups is 1. The van der Waals surface area contributed by atoms with E-state index in [1.807, 2.05) is 31.2 Å². The fourth-order valence-corrected chi connectivity index (χ4v) is 1.89. The van der Waals surface area contributed by atoms with Crippen molar-refractivity contribution in [2.75, 3.05) is 11.9 Å². The Morgan fingerprint density at radius 1 is 1.10 bits per heavy atom. The van der Waals surface area contributed by atoms with Gasteiger partial charge in [0.25, 0.3) is 0 Å². The van der Waals surface area contributed by atoms with Gasteiger partial charge in [-0.05, 0) is 43.2 Å². The molecule has 0 spiro atoms. The number of benzene rings is 2. The predicted octanol–water partition coefficient (Wildman–Crippen LogP) is 3.24. The van der Waals surface area contributed by atoms with Crippen LogP contribution in [-0.4, -0.2) is 12.5 Å². The third-order valence-corrected chi connectivity index (χ3v) is 2.93. The van der Waals surface area contributed by atoms with Crippen molar-refractivity contribution >= 4 is 11.6 Å². The summed E-state index contributed by atoms with van der Waals surface area (Å²) < 4.78 is 26.0. The number of halogens is 2. The Balaban J connectivity index is 1.89. The number of nitrogens with two attached hydrogens (primary N) is 1. The van der Waals surface area contributed by atoms with Gasteiger partial charge in [-0.25, -0.2) is 8.78 Å². The molecule has 0 amide bonds. The Bertz CT molecular complexity index is 616. The number of nitrogens with one attached hydrogen (secondary N) is 1. The summed E-state index contributed by atoms with van der Waals surface area (Å²) >= 11 is 0. The van der Waals surface area contributed by atoms with Gasteiger partial charge in [0.05, 0.1) is 0 Å². The molecule has 0 unspecified atom stereocenters. The maximum atomic E-state index is 13.0. The maximum absolute atomic E-state index is 13.0. The van der Waals surface area contributed by atoms with Crippen LogP contribution < -0.4 is 11.1 Å². The molecule has 0 heterocycles. The number of anilines is 1. The number of rotatable bonds is 4. The van der Waals surface area contributed by atoms with E-state index in [0.29, 0.717) is 18.5 Å². The van der Waals surface area contributed by atoms with Gasteiger partial charge in [-0.1, -0.05) is 17.7 Å². The van der Waals surface area contributed by atoms with Crippen molar-refractivity contribution in [2.45, 2.75) is 13.3 Å². The molecule has 21 heavy (non-hydrogen) atoms. The third-order valence-electron chi connectivity index (χ3n) is 2.93. The minimum Gasteiger partial charge on any atom is -0.370 e. The number of aryl methyl sites for hydroxylation is 1. The Labute approximate surface area is 122 Å². The van der Waals surface area contributed by atoms with Gasteiger partial charge in [0.2, 0.25) is 0 Å². The predicted molar refractivity (Wildman–Crippen MR) is 81.4 cm³/mol. The zero-order valence-electron chi connectivity index (χ0n) is 11.7. The smallest absolute Gasteiger partial charge is 0.193 e. The highest BCUT2D eigenvalue weighted by Gasteiger charge is 2.00. The van der Waals surface area contributed by atoms with Gasteiger partial charge in [0.1, 0.15) is 11.6 Å². The molecule has 2 rings (SSSR count). The summed E-state index contributed by atoms with van der Waals surface area (Å²) in [5.74, 6) is -0.893. The van der Waals surface area contributed by atoms with E-state index in [9.17, 15) is 8.78 Å². The number of guanidine groups is 1. The Morgan fingerprint density at radius 2 is 1.71 bits per heavy atom. The summed E-state index contributed by atoms with van der Waals surface area (Å²) in [5.41, 5.74) is 8.32. The van der Waals surface area contributed by atoms with Crippen molar-refractivity contribution in [3.05, 3.63) is 65.2 Å². The molecular formula is C16H17F2N3. The molecule has 0 fully saturated rings. The Kier molecular flexibility index (Phi) is 4.87. The molecule has 3 N–H and O–H groups in total. The van der Waals surface area contributed by atoms with Gasteiger partial charge in [-0.2, -0.15) is 0 Å². The number of nitrogens with zero attached hydrogens (tertiary/aromatic N) is 1. The summed E-state index contributed by atoms with van der Waals surface area (Å²) in [5, 5.41) is 2.96. The van der Waals surface area contributed by atoms with Gasteiger partial charge in [-0.3, -0.25) is 4.99 Å². The zero-order chi connectivity index (χ0) is 15.2. The van der Waals surface area contributed by atoms with E-state index >= 15 is 0 Å². The van der Waals surface area contributed by atoms with Crippen LogP contribution in [0.5, 0.6) is 0 Å². The van der Waals surface area contributed by atoms with E-state index in [1.165, 1.54) is 12.1 Å². The second kappa shape index (κ2) is 6.83. The van der Waals surface area contributed by atoms with E-state index in [2.05, 4.69) is 10.3 Å². The molecule has 0 radical (unpaired) electrons. The van der Waals surface area contributed by atoms with Crippen LogP contribution in [0.15, 0.2) is 47.5 Å². The van der Waals surface area contributed by atoms with Gasteiger partial charge >= 0.3 is 0 Å². The first-order chi connectivity index (χ1) is 10.0. The highest BCUT2D eigenvalue weighted by Crippen LogP contribution is 2.09. The first-order valence-corrected chi connectivity index (χ1v) is 6.61. The lowest BCUT2D eigenvalue weighted by atomic mass is 10.1. The van der Waals surface area contributed by atoms with Gasteiger partial charge < -0.3 is 11.1 Å². The lowest BCUT2D eigenvalue weighted by Gasteiger charge is -2.06. The van der Waals surface area contributed by atoms with Crippen LogP contribution in [0, 0.1) is 18.6 Å². The van der Waals surface area contributed by atoms with Crippen LogP contribution in [0.25, 0.3) is 0 Å². The lowest BCUT2D eigenvalue weighted by molar-refractivity contribution is 0.579. The van der Waals surface area contributed by atoms with Crippen molar-refractivity contribution in [3.63, 3.8) is 0 Å². The number of hydrogen-bond donors (Lipinski definition) is 2. The van der Waals surface area contributed by atoms with E-state index in [0.717, 1.165) is 17.3 Å². The van der Waals surface area contributed by atoms with Crippen LogP contribution >= 0.6 is 0 Å². The van der Waals surface area contributed by atoms with Crippen LogP contribution in [0.3, 0.4) is 0 Å². The largest absolute Gasteiger partial charge is 0.370 e. The summed E-state index contributed by atoms with van der Waals surface area (Å²) in [7, 11) is 0.